The fourth-order valence-electron chi connectivity index (χ4n) is 2.98. The van der Waals surface area contributed by atoms with E-state index in [0.717, 1.165) is 29.5 Å². The van der Waals surface area contributed by atoms with Crippen molar-refractivity contribution in [2.45, 2.75) is 25.9 Å². The summed E-state index contributed by atoms with van der Waals surface area (Å²) in [5.41, 5.74) is 4.68. The van der Waals surface area contributed by atoms with Crippen molar-refractivity contribution >= 4 is 11.9 Å². The van der Waals surface area contributed by atoms with Gasteiger partial charge in [0.2, 0.25) is 0 Å². The minimum absolute atomic E-state index is 0.200. The van der Waals surface area contributed by atoms with E-state index < -0.39 is 11.9 Å². The second kappa shape index (κ2) is 7.40. The van der Waals surface area contributed by atoms with Gasteiger partial charge in [-0.1, -0.05) is 43.5 Å². The van der Waals surface area contributed by atoms with Crippen molar-refractivity contribution in [3.8, 4) is 16.9 Å². The first-order valence-corrected chi connectivity index (χ1v) is 8.42. The van der Waals surface area contributed by atoms with Gasteiger partial charge < -0.3 is 9.47 Å². The summed E-state index contributed by atoms with van der Waals surface area (Å²) in [6.07, 6.45) is 2.64. The van der Waals surface area contributed by atoms with Gasteiger partial charge in [0.15, 0.2) is 0 Å². The Morgan fingerprint density at radius 3 is 2.46 bits per heavy atom. The van der Waals surface area contributed by atoms with E-state index in [-0.39, 0.29) is 6.10 Å². The lowest BCUT2D eigenvalue weighted by Crippen LogP contribution is -2.07. The fraction of sp³-hybridized carbons (Fsp3) is 0.182. The maximum absolute atomic E-state index is 11.6. The van der Waals surface area contributed by atoms with Gasteiger partial charge >= 0.3 is 11.9 Å². The van der Waals surface area contributed by atoms with E-state index in [0.29, 0.717) is 11.3 Å². The van der Waals surface area contributed by atoms with E-state index in [1.165, 1.54) is 11.6 Å². The molecule has 0 heterocycles. The van der Waals surface area contributed by atoms with Gasteiger partial charge in [-0.15, -0.1) is 0 Å². The van der Waals surface area contributed by atoms with Crippen molar-refractivity contribution in [3.05, 3.63) is 78.4 Å². The molecule has 132 valence electrons. The lowest BCUT2D eigenvalue weighted by atomic mass is 10.00. The molecule has 1 aliphatic rings. The summed E-state index contributed by atoms with van der Waals surface area (Å²) in [5.74, 6) is -0.346. The van der Waals surface area contributed by atoms with Crippen molar-refractivity contribution in [3.63, 3.8) is 0 Å². The zero-order valence-electron chi connectivity index (χ0n) is 14.7. The predicted molar refractivity (Wildman–Crippen MR) is 99.7 cm³/mol. The Morgan fingerprint density at radius 2 is 1.81 bits per heavy atom. The van der Waals surface area contributed by atoms with Crippen molar-refractivity contribution in [2.24, 2.45) is 0 Å². The van der Waals surface area contributed by atoms with Crippen molar-refractivity contribution in [1.29, 1.82) is 0 Å². The highest BCUT2D eigenvalue weighted by Gasteiger charge is 2.25. The molecule has 1 aliphatic carbocycles. The molecule has 0 spiro atoms. The van der Waals surface area contributed by atoms with Crippen LogP contribution in [0.3, 0.4) is 0 Å². The Labute approximate surface area is 152 Å². The summed E-state index contributed by atoms with van der Waals surface area (Å²) in [4.78, 5) is 23.0. The second-order valence-electron chi connectivity index (χ2n) is 6.28. The molecule has 0 saturated heterocycles. The summed E-state index contributed by atoms with van der Waals surface area (Å²) < 4.78 is 10.6. The van der Waals surface area contributed by atoms with E-state index >= 15 is 0 Å². The maximum atomic E-state index is 11.6. The topological polar surface area (TPSA) is 52.6 Å². The minimum Gasteiger partial charge on any atom is -0.454 e. The minimum atomic E-state index is -0.435. The Bertz CT molecular complexity index is 878. The number of aryl methyl sites for hydroxylation is 1. The average molecular weight is 348 g/mol. The number of rotatable bonds is 5. The van der Waals surface area contributed by atoms with Crippen LogP contribution in [0, 0.1) is 0 Å². The quantitative estimate of drug-likeness (QED) is 0.452. The highest BCUT2D eigenvalue weighted by Crippen LogP contribution is 2.36. The van der Waals surface area contributed by atoms with E-state index in [2.05, 4.69) is 19.2 Å². The summed E-state index contributed by atoms with van der Waals surface area (Å²) in [6, 6.07) is 13.5. The van der Waals surface area contributed by atoms with Crippen LogP contribution >= 0.6 is 0 Å². The van der Waals surface area contributed by atoms with Gasteiger partial charge in [0, 0.05) is 11.6 Å². The van der Waals surface area contributed by atoms with E-state index in [1.54, 1.807) is 19.1 Å². The number of carbonyl (C=O) groups is 2. The van der Waals surface area contributed by atoms with E-state index in [1.807, 2.05) is 24.3 Å². The second-order valence-corrected chi connectivity index (χ2v) is 6.28. The first kappa shape index (κ1) is 17.7. The van der Waals surface area contributed by atoms with Gasteiger partial charge in [-0.2, -0.15) is 0 Å². The number of fused-ring (bicyclic) bond motifs is 1. The van der Waals surface area contributed by atoms with Crippen LogP contribution in [0.4, 0.5) is 0 Å². The molecule has 26 heavy (non-hydrogen) atoms. The van der Waals surface area contributed by atoms with Gasteiger partial charge in [-0.3, -0.25) is 0 Å². The molecule has 0 amide bonds. The first-order chi connectivity index (χ1) is 12.5. The number of carbonyl (C=O) groups excluding carboxylic acids is 2. The first-order valence-electron chi connectivity index (χ1n) is 8.42. The third-order valence-corrected chi connectivity index (χ3v) is 4.34. The monoisotopic (exact) mass is 348 g/mol. The number of hydrogen-bond acceptors (Lipinski definition) is 4. The number of esters is 2. The third kappa shape index (κ3) is 3.75. The molecule has 2 aromatic rings. The molecular weight excluding hydrogens is 328 g/mol. The van der Waals surface area contributed by atoms with Crippen LogP contribution in [0.1, 0.15) is 30.6 Å². The molecule has 2 aromatic carbocycles. The van der Waals surface area contributed by atoms with Crippen LogP contribution in [-0.4, -0.2) is 11.9 Å². The summed E-state index contributed by atoms with van der Waals surface area (Å²) in [7, 11) is 0. The zero-order valence-corrected chi connectivity index (χ0v) is 14.7. The molecule has 1 atom stereocenters. The molecule has 0 radical (unpaired) electrons. The molecule has 4 nitrogen and oxygen atoms in total. The molecule has 4 heteroatoms. The Morgan fingerprint density at radius 1 is 1.12 bits per heavy atom. The number of benzene rings is 2. The zero-order chi connectivity index (χ0) is 18.7. The number of hydrogen-bond donors (Lipinski definition) is 0. The maximum Gasteiger partial charge on any atom is 0.338 e. The van der Waals surface area contributed by atoms with Crippen molar-refractivity contribution in [2.75, 3.05) is 0 Å². The highest BCUT2D eigenvalue weighted by molar-refractivity contribution is 5.88. The Hall–Kier alpha value is -3.14. The molecule has 0 bridgehead atoms. The van der Waals surface area contributed by atoms with Crippen LogP contribution < -0.4 is 4.74 Å². The SMILES string of the molecule is C=CC(=O)OC1CCc2cc(-c3ccc(OC(=O)C(=C)C)cc3)ccc21. The van der Waals surface area contributed by atoms with Crippen LogP contribution in [0.5, 0.6) is 5.75 Å². The summed E-state index contributed by atoms with van der Waals surface area (Å²) in [5, 5.41) is 0. The van der Waals surface area contributed by atoms with Crippen LogP contribution in [0.15, 0.2) is 67.3 Å². The highest BCUT2D eigenvalue weighted by atomic mass is 16.5. The lowest BCUT2D eigenvalue weighted by Gasteiger charge is -2.12. The normalized spacial score (nSPS) is 15.0. The van der Waals surface area contributed by atoms with Gasteiger partial charge in [0.05, 0.1) is 0 Å². The molecule has 0 aliphatic heterocycles. The third-order valence-electron chi connectivity index (χ3n) is 4.34. The van der Waals surface area contributed by atoms with Crippen LogP contribution in [0.25, 0.3) is 11.1 Å². The van der Waals surface area contributed by atoms with Crippen LogP contribution in [0.2, 0.25) is 0 Å². The number of ether oxygens (including phenoxy) is 2. The molecule has 1 unspecified atom stereocenters. The van der Waals surface area contributed by atoms with Gasteiger partial charge in [-0.05, 0) is 54.2 Å². The summed E-state index contributed by atoms with van der Waals surface area (Å²) in [6.45, 7) is 8.62. The molecule has 0 aromatic heterocycles. The Kier molecular flexibility index (Phi) is 5.03. The molecule has 0 N–H and O–H groups in total. The Balaban J connectivity index is 1.77. The molecule has 0 fully saturated rings. The fourth-order valence-corrected chi connectivity index (χ4v) is 2.98. The van der Waals surface area contributed by atoms with Crippen molar-refractivity contribution in [1.82, 2.24) is 0 Å². The van der Waals surface area contributed by atoms with Gasteiger partial charge in [0.25, 0.3) is 0 Å². The summed E-state index contributed by atoms with van der Waals surface area (Å²) >= 11 is 0. The van der Waals surface area contributed by atoms with E-state index in [9.17, 15) is 9.59 Å². The van der Waals surface area contributed by atoms with Gasteiger partial charge in [-0.25, -0.2) is 9.59 Å². The largest absolute Gasteiger partial charge is 0.454 e. The van der Waals surface area contributed by atoms with E-state index in [4.69, 9.17) is 9.47 Å². The molecule has 0 saturated carbocycles. The molecular formula is C22H20O4. The van der Waals surface area contributed by atoms with Crippen LogP contribution in [-0.2, 0) is 20.7 Å². The molecule has 3 rings (SSSR count). The predicted octanol–water partition coefficient (Wildman–Crippen LogP) is 4.55. The smallest absolute Gasteiger partial charge is 0.338 e. The standard InChI is InChI=1S/C22H20O4/c1-4-21(23)26-20-12-8-17-13-16(7-11-19(17)20)15-5-9-18(10-6-15)25-22(24)14(2)3/h4-7,9-11,13,20H,1-2,8,12H2,3H3. The van der Waals surface area contributed by atoms with Gasteiger partial charge in [0.1, 0.15) is 11.9 Å². The van der Waals surface area contributed by atoms with Crippen molar-refractivity contribution < 1.29 is 19.1 Å². The lowest BCUT2D eigenvalue weighted by molar-refractivity contribution is -0.143. The average Bonchev–Trinajstić information content (AvgIpc) is 3.04.